The molecule has 106 valence electrons. The van der Waals surface area contributed by atoms with Gasteiger partial charge < -0.3 is 4.74 Å². The van der Waals surface area contributed by atoms with Crippen LogP contribution in [0.3, 0.4) is 0 Å². The van der Waals surface area contributed by atoms with Gasteiger partial charge in [-0.25, -0.2) is 18.5 Å². The smallest absolute Gasteiger partial charge is 0.243 e. The number of nitrogens with two attached hydrogens (primary N) is 1. The molecule has 1 aliphatic rings. The third-order valence-corrected chi connectivity index (χ3v) is 4.59. The molecule has 1 fully saturated rings. The Morgan fingerprint density at radius 3 is 2.84 bits per heavy atom. The predicted octanol–water partition coefficient (Wildman–Crippen LogP) is 2.08. The number of aromatic nitrogens is 1. The van der Waals surface area contributed by atoms with Gasteiger partial charge in [-0.1, -0.05) is 13.3 Å². The summed E-state index contributed by atoms with van der Waals surface area (Å²) >= 11 is 0. The molecule has 5 nitrogen and oxygen atoms in total. The summed E-state index contributed by atoms with van der Waals surface area (Å²) in [6.07, 6.45) is 6.98. The fraction of sp³-hybridized carbons (Fsp3) is 0.615. The lowest BCUT2D eigenvalue weighted by molar-refractivity contribution is 0.0827. The number of hydrogen-bond acceptors (Lipinski definition) is 4. The Hall–Kier alpha value is -1.14. The summed E-state index contributed by atoms with van der Waals surface area (Å²) in [5.74, 6) is 0.597. The SMILES string of the molecule is CCC1CCCCC1Oc1ncccc1S(N)(=O)=O. The van der Waals surface area contributed by atoms with Crippen molar-refractivity contribution in [3.8, 4) is 5.88 Å². The van der Waals surface area contributed by atoms with Gasteiger partial charge in [-0.05, 0) is 43.7 Å². The largest absolute Gasteiger partial charge is 0.473 e. The van der Waals surface area contributed by atoms with E-state index in [0.717, 1.165) is 25.7 Å². The zero-order valence-corrected chi connectivity index (χ0v) is 11.9. The minimum absolute atomic E-state index is 0.0320. The third kappa shape index (κ3) is 3.45. The second-order valence-corrected chi connectivity index (χ2v) is 6.49. The van der Waals surface area contributed by atoms with Crippen molar-refractivity contribution in [2.24, 2.45) is 11.1 Å². The second-order valence-electron chi connectivity index (χ2n) is 4.96. The van der Waals surface area contributed by atoms with Crippen LogP contribution in [0.1, 0.15) is 39.0 Å². The zero-order chi connectivity index (χ0) is 13.9. The van der Waals surface area contributed by atoms with Crippen molar-refractivity contribution in [1.82, 2.24) is 4.98 Å². The Morgan fingerprint density at radius 2 is 2.16 bits per heavy atom. The van der Waals surface area contributed by atoms with Crippen LogP contribution < -0.4 is 9.88 Å². The highest BCUT2D eigenvalue weighted by Crippen LogP contribution is 2.31. The van der Waals surface area contributed by atoms with Crippen LogP contribution in [0.15, 0.2) is 23.2 Å². The summed E-state index contributed by atoms with van der Waals surface area (Å²) in [6, 6.07) is 2.98. The molecule has 2 unspecified atom stereocenters. The topological polar surface area (TPSA) is 82.3 Å². The number of nitrogens with zero attached hydrogens (tertiary/aromatic N) is 1. The maximum atomic E-state index is 11.5. The molecule has 1 aliphatic carbocycles. The van der Waals surface area contributed by atoms with Crippen molar-refractivity contribution in [3.05, 3.63) is 18.3 Å². The molecular formula is C13H20N2O3S. The van der Waals surface area contributed by atoms with E-state index in [0.29, 0.717) is 5.92 Å². The summed E-state index contributed by atoms with van der Waals surface area (Å²) in [5.41, 5.74) is 0. The van der Waals surface area contributed by atoms with Crippen LogP contribution in [-0.2, 0) is 10.0 Å². The van der Waals surface area contributed by atoms with Gasteiger partial charge in [0.25, 0.3) is 0 Å². The van der Waals surface area contributed by atoms with Crippen LogP contribution in [0.4, 0.5) is 0 Å². The van der Waals surface area contributed by atoms with Gasteiger partial charge in [0.05, 0.1) is 0 Å². The molecule has 2 N–H and O–H groups in total. The minimum Gasteiger partial charge on any atom is -0.473 e. The Bertz CT molecular complexity index is 530. The number of rotatable bonds is 4. The molecule has 1 saturated carbocycles. The van der Waals surface area contributed by atoms with Crippen LogP contribution >= 0.6 is 0 Å². The van der Waals surface area contributed by atoms with Crippen molar-refractivity contribution in [1.29, 1.82) is 0 Å². The van der Waals surface area contributed by atoms with Crippen molar-refractivity contribution < 1.29 is 13.2 Å². The normalized spacial score (nSPS) is 24.1. The lowest BCUT2D eigenvalue weighted by Crippen LogP contribution is -2.31. The molecule has 0 spiro atoms. The molecule has 0 radical (unpaired) electrons. The van der Waals surface area contributed by atoms with E-state index in [4.69, 9.17) is 9.88 Å². The first-order valence-electron chi connectivity index (χ1n) is 6.67. The summed E-state index contributed by atoms with van der Waals surface area (Å²) in [6.45, 7) is 2.13. The summed E-state index contributed by atoms with van der Waals surface area (Å²) in [4.78, 5) is 3.99. The maximum absolute atomic E-state index is 11.5. The van der Waals surface area contributed by atoms with E-state index in [1.807, 2.05) is 0 Å². The van der Waals surface area contributed by atoms with Gasteiger partial charge in [0, 0.05) is 6.20 Å². The number of primary sulfonamides is 1. The van der Waals surface area contributed by atoms with Crippen LogP contribution in [0, 0.1) is 5.92 Å². The first-order chi connectivity index (χ1) is 9.02. The van der Waals surface area contributed by atoms with E-state index in [9.17, 15) is 8.42 Å². The van der Waals surface area contributed by atoms with Crippen LogP contribution in [0.5, 0.6) is 5.88 Å². The molecule has 6 heteroatoms. The predicted molar refractivity (Wildman–Crippen MR) is 72.3 cm³/mol. The van der Waals surface area contributed by atoms with Crippen LogP contribution in [0.2, 0.25) is 0 Å². The van der Waals surface area contributed by atoms with Crippen molar-refractivity contribution in [2.75, 3.05) is 0 Å². The van der Waals surface area contributed by atoms with Gasteiger partial charge >= 0.3 is 0 Å². The average Bonchev–Trinajstić information content (AvgIpc) is 2.39. The van der Waals surface area contributed by atoms with Crippen LogP contribution in [-0.4, -0.2) is 19.5 Å². The molecule has 2 rings (SSSR count). The Morgan fingerprint density at radius 1 is 1.42 bits per heavy atom. The number of hydrogen-bond donors (Lipinski definition) is 1. The van der Waals surface area contributed by atoms with Crippen LogP contribution in [0.25, 0.3) is 0 Å². The molecule has 1 heterocycles. The summed E-state index contributed by atoms with van der Waals surface area (Å²) in [7, 11) is -3.80. The van der Waals surface area contributed by atoms with Gasteiger partial charge in [-0.3, -0.25) is 0 Å². The molecule has 0 aliphatic heterocycles. The first kappa shape index (κ1) is 14.3. The second kappa shape index (κ2) is 5.88. The van der Waals surface area contributed by atoms with Gasteiger partial charge in [-0.2, -0.15) is 0 Å². The van der Waals surface area contributed by atoms with E-state index < -0.39 is 10.0 Å². The van der Waals surface area contributed by atoms with Gasteiger partial charge in [0.1, 0.15) is 11.0 Å². The van der Waals surface area contributed by atoms with E-state index >= 15 is 0 Å². The Labute approximate surface area is 114 Å². The van der Waals surface area contributed by atoms with E-state index in [-0.39, 0.29) is 16.9 Å². The molecule has 19 heavy (non-hydrogen) atoms. The number of ether oxygens (including phenoxy) is 1. The van der Waals surface area contributed by atoms with Crippen molar-refractivity contribution >= 4 is 10.0 Å². The van der Waals surface area contributed by atoms with Gasteiger partial charge in [0.15, 0.2) is 0 Å². The zero-order valence-electron chi connectivity index (χ0n) is 11.1. The highest BCUT2D eigenvalue weighted by atomic mass is 32.2. The quantitative estimate of drug-likeness (QED) is 0.917. The highest BCUT2D eigenvalue weighted by Gasteiger charge is 2.27. The minimum atomic E-state index is -3.80. The van der Waals surface area contributed by atoms with Crippen molar-refractivity contribution in [3.63, 3.8) is 0 Å². The van der Waals surface area contributed by atoms with E-state index in [2.05, 4.69) is 11.9 Å². The lowest BCUT2D eigenvalue weighted by Gasteiger charge is -2.31. The monoisotopic (exact) mass is 284 g/mol. The van der Waals surface area contributed by atoms with E-state index in [1.165, 1.54) is 18.7 Å². The van der Waals surface area contributed by atoms with Gasteiger partial charge in [0.2, 0.25) is 15.9 Å². The first-order valence-corrected chi connectivity index (χ1v) is 8.21. The molecule has 1 aromatic heterocycles. The average molecular weight is 284 g/mol. The highest BCUT2D eigenvalue weighted by molar-refractivity contribution is 7.89. The Kier molecular flexibility index (Phi) is 4.42. The lowest BCUT2D eigenvalue weighted by atomic mass is 9.85. The fourth-order valence-electron chi connectivity index (χ4n) is 2.62. The van der Waals surface area contributed by atoms with Gasteiger partial charge in [-0.15, -0.1) is 0 Å². The molecule has 2 atom stereocenters. The molecule has 0 bridgehead atoms. The molecular weight excluding hydrogens is 264 g/mol. The third-order valence-electron chi connectivity index (χ3n) is 3.67. The maximum Gasteiger partial charge on any atom is 0.243 e. The Balaban J connectivity index is 2.23. The number of pyridine rings is 1. The van der Waals surface area contributed by atoms with E-state index in [1.54, 1.807) is 6.07 Å². The molecule has 0 aromatic carbocycles. The standard InChI is InChI=1S/C13H20N2O3S/c1-2-10-6-3-4-7-11(10)18-13-12(19(14,16)17)8-5-9-15-13/h5,8-11H,2-4,6-7H2,1H3,(H2,14,16,17). The summed E-state index contributed by atoms with van der Waals surface area (Å²) < 4.78 is 28.9. The molecule has 1 aromatic rings. The molecule has 0 amide bonds. The summed E-state index contributed by atoms with van der Waals surface area (Å²) in [5, 5.41) is 5.18. The van der Waals surface area contributed by atoms with Crippen molar-refractivity contribution in [2.45, 2.75) is 50.0 Å². The number of sulfonamides is 1. The fourth-order valence-corrected chi connectivity index (χ4v) is 3.23. The molecule has 0 saturated heterocycles.